The van der Waals surface area contributed by atoms with Gasteiger partial charge in [0, 0.05) is 0 Å². The second-order valence-electron chi connectivity index (χ2n) is 22.7. The Morgan fingerprint density at radius 1 is 0.533 bits per heavy atom. The van der Waals surface area contributed by atoms with Crippen LogP contribution in [0.2, 0.25) is 9.26 Å². The van der Waals surface area contributed by atoms with Crippen LogP contribution in [0.5, 0.6) is 11.5 Å². The average Bonchev–Trinajstić information content (AvgIpc) is 3.77. The fourth-order valence-electron chi connectivity index (χ4n) is 12.2. The van der Waals surface area contributed by atoms with Gasteiger partial charge in [0.05, 0.1) is 0 Å². The monoisotopic (exact) mass is 890 g/mol. The molecule has 312 valence electrons. The number of rotatable bonds is 10. The zero-order valence-corrected chi connectivity index (χ0v) is 42.4. The molecule has 8 rings (SSSR count). The summed E-state index contributed by atoms with van der Waals surface area (Å²) in [5.41, 5.74) is 12.6. The maximum absolute atomic E-state index is 9.01. The Kier molecular flexibility index (Phi) is 9.61. The minimum atomic E-state index is -7.11. The van der Waals surface area contributed by atoms with E-state index in [9.17, 15) is 0 Å². The molecule has 0 spiro atoms. The Labute approximate surface area is 357 Å². The van der Waals surface area contributed by atoms with Gasteiger partial charge in [0.1, 0.15) is 0 Å². The fraction of sp³-hybridized carbons (Fsp3) is 0.357. The van der Waals surface area contributed by atoms with Gasteiger partial charge in [-0.1, -0.05) is 0 Å². The summed E-state index contributed by atoms with van der Waals surface area (Å²) in [6.07, 6.45) is 9.00. The molecule has 0 aromatic heterocycles. The number of allylic oxidation sites excluding steroid dienone is 2. The second kappa shape index (κ2) is 13.5. The number of hydrogen-bond donors (Lipinski definition) is 0. The van der Waals surface area contributed by atoms with Crippen LogP contribution < -0.4 is 5.63 Å². The molecule has 0 saturated carbocycles. The van der Waals surface area contributed by atoms with E-state index in [1.54, 1.807) is 0 Å². The van der Waals surface area contributed by atoms with E-state index in [4.69, 9.17) is 5.63 Å². The normalized spacial score (nSPS) is 18.5. The summed E-state index contributed by atoms with van der Waals surface area (Å²) in [4.78, 5) is 0. The number of benzene rings is 6. The van der Waals surface area contributed by atoms with E-state index in [1.807, 2.05) is 0 Å². The molecule has 0 N–H and O–H groups in total. The van der Waals surface area contributed by atoms with E-state index in [-0.39, 0.29) is 18.1 Å². The summed E-state index contributed by atoms with van der Waals surface area (Å²) in [5.74, 6) is 1.88. The molecule has 4 heteroatoms. The average molecular weight is 892 g/mol. The van der Waals surface area contributed by atoms with E-state index >= 15 is 0 Å². The van der Waals surface area contributed by atoms with E-state index < -0.39 is 15.3 Å². The van der Waals surface area contributed by atoms with Crippen LogP contribution in [0.15, 0.2) is 120 Å². The number of hydrogen-bond acceptors (Lipinski definition) is 2. The van der Waals surface area contributed by atoms with Crippen LogP contribution in [0.1, 0.15) is 133 Å². The van der Waals surface area contributed by atoms with Crippen molar-refractivity contribution >= 4 is 40.6 Å². The van der Waals surface area contributed by atoms with E-state index in [0.29, 0.717) is 0 Å². The van der Waals surface area contributed by atoms with Gasteiger partial charge in [0.2, 0.25) is 0 Å². The molecule has 2 aliphatic carbocycles. The molecule has 6 aromatic rings. The van der Waals surface area contributed by atoms with Crippen molar-refractivity contribution in [2.24, 2.45) is 0 Å². The number of fused-ring (bicyclic) bond motifs is 6. The van der Waals surface area contributed by atoms with Gasteiger partial charge in [-0.2, -0.15) is 0 Å². The van der Waals surface area contributed by atoms with Gasteiger partial charge < -0.3 is 0 Å². The zero-order valence-electron chi connectivity index (χ0n) is 38.6. The Bertz CT molecular complexity index is 2740. The van der Waals surface area contributed by atoms with Gasteiger partial charge in [-0.3, -0.25) is 0 Å². The first-order chi connectivity index (χ1) is 28.0. The van der Waals surface area contributed by atoms with Gasteiger partial charge in [0.25, 0.3) is 0 Å². The molecule has 2 nitrogen and oxygen atoms in total. The van der Waals surface area contributed by atoms with Crippen molar-refractivity contribution in [3.05, 3.63) is 165 Å². The zero-order chi connectivity index (χ0) is 43.2. The first-order valence-electron chi connectivity index (χ1n) is 22.6. The molecule has 60 heavy (non-hydrogen) atoms. The van der Waals surface area contributed by atoms with Crippen LogP contribution in [0.4, 0.5) is 0 Å². The molecule has 0 heterocycles. The Morgan fingerprint density at radius 3 is 1.28 bits per heavy atom. The molecular weight excluding hydrogens is 824 g/mol. The summed E-state index contributed by atoms with van der Waals surface area (Å²) in [6.45, 7) is 25.3. The van der Waals surface area contributed by atoms with Crippen LogP contribution >= 0.6 is 0 Å². The van der Waals surface area contributed by atoms with Crippen molar-refractivity contribution in [3.8, 4) is 11.5 Å². The van der Waals surface area contributed by atoms with Crippen LogP contribution in [-0.4, -0.2) is 6.88 Å². The van der Waals surface area contributed by atoms with Gasteiger partial charge in [-0.25, -0.2) is 0 Å². The molecule has 2 unspecified atom stereocenters. The molecule has 2 atom stereocenters. The van der Waals surface area contributed by atoms with Crippen molar-refractivity contribution in [1.82, 2.24) is 0 Å². The van der Waals surface area contributed by atoms with Crippen LogP contribution in [0, 0.1) is 13.8 Å². The molecule has 2 aliphatic rings. The topological polar surface area (TPSA) is 18.5 Å². The van der Waals surface area contributed by atoms with E-state index in [2.05, 4.69) is 207 Å². The second-order valence-corrected chi connectivity index (χ2v) is 65.7. The van der Waals surface area contributed by atoms with Crippen molar-refractivity contribution in [3.63, 3.8) is 0 Å². The van der Waals surface area contributed by atoms with Crippen molar-refractivity contribution in [2.75, 3.05) is 0 Å². The molecule has 0 bridgehead atoms. The van der Waals surface area contributed by atoms with Crippen LogP contribution in [0.3, 0.4) is 0 Å². The molecule has 0 saturated heterocycles. The minimum absolute atomic E-state index is 0.181. The van der Waals surface area contributed by atoms with Gasteiger partial charge in [0.15, 0.2) is 0 Å². The Hall–Kier alpha value is -3.98. The standard InChI is InChI=1S/2C16H15.2C11H16O.2CH3.H2Si.Zr/c2*1-2-5-12-10-14-9-8-13-6-3-4-7-15(13)16(14)11-12;2*1-8-5-6-10(12)9(7-8)11(2,3)4;;;;/h2*3-4,6-11H,2,5H2,1H3;2*5-7,12H,1-4H3;2*1H3;1H2;/q;;;;;;;+2/p-2. The van der Waals surface area contributed by atoms with E-state index in [0.717, 1.165) is 37.2 Å². The van der Waals surface area contributed by atoms with Gasteiger partial charge in [-0.05, 0) is 0 Å². The van der Waals surface area contributed by atoms with Gasteiger partial charge in [-0.15, -0.1) is 0 Å². The summed E-state index contributed by atoms with van der Waals surface area (Å²) in [7, 11) is 0. The molecular formula is C56H68O2SiZr. The Morgan fingerprint density at radius 2 is 0.917 bits per heavy atom. The first kappa shape index (κ1) is 42.7. The molecule has 0 amide bonds. The summed E-state index contributed by atoms with van der Waals surface area (Å²) >= 11 is -7.11. The summed E-state index contributed by atoms with van der Waals surface area (Å²) < 4.78 is 22.9. The van der Waals surface area contributed by atoms with Crippen LogP contribution in [0.25, 0.3) is 33.7 Å². The molecule has 0 radical (unpaired) electrons. The van der Waals surface area contributed by atoms with E-state index in [1.165, 1.54) is 77.2 Å². The molecule has 0 aliphatic heterocycles. The van der Waals surface area contributed by atoms with Gasteiger partial charge >= 0.3 is 360 Å². The fourth-order valence-corrected chi connectivity index (χ4v) is 43.1. The first-order valence-corrected chi connectivity index (χ1v) is 38.3. The van der Waals surface area contributed by atoms with Crippen molar-refractivity contribution < 1.29 is 20.9 Å². The summed E-state index contributed by atoms with van der Waals surface area (Å²) in [6, 6.07) is 41.3. The third-order valence-corrected chi connectivity index (χ3v) is 41.2. The molecule has 6 aromatic carbocycles. The van der Waals surface area contributed by atoms with Crippen molar-refractivity contribution in [1.29, 1.82) is 0 Å². The quantitative estimate of drug-likeness (QED) is 0.128. The Balaban J connectivity index is 1.68. The number of aryl methyl sites for hydroxylation is 2. The predicted octanol–water partition coefficient (Wildman–Crippen LogP) is 15.8. The third-order valence-electron chi connectivity index (χ3n) is 14.4. The third kappa shape index (κ3) is 6.57. The predicted molar refractivity (Wildman–Crippen MR) is 260 cm³/mol. The maximum atomic E-state index is 9.01. The van der Waals surface area contributed by atoms with Crippen molar-refractivity contribution in [2.45, 2.75) is 122 Å². The summed E-state index contributed by atoms with van der Waals surface area (Å²) in [5, 5.41) is 5.08. The SMILES string of the molecule is CCCC1=Cc2ccc3ccccc3c2[CH]1[Zr]([CH3])([CH3])(=[SiH2])([O]c1ccc(C)cc1C(C)(C)C)([O]c1ccc(C)cc1C(C)(C)C)[CH]1C(CCC)=Cc2ccc3ccccc3c21. The van der Waals surface area contributed by atoms with Crippen LogP contribution in [-0.2, 0) is 26.1 Å². The molecule has 0 fully saturated rings.